The molecule has 128 valence electrons. The highest BCUT2D eigenvalue weighted by atomic mass is 35.5. The van der Waals surface area contributed by atoms with E-state index >= 15 is 0 Å². The van der Waals surface area contributed by atoms with Crippen LogP contribution in [0, 0.1) is 6.92 Å². The fourth-order valence-electron chi connectivity index (χ4n) is 2.83. The summed E-state index contributed by atoms with van der Waals surface area (Å²) in [6, 6.07) is 15.8. The summed E-state index contributed by atoms with van der Waals surface area (Å²) in [4.78, 5) is 8.75. The van der Waals surface area contributed by atoms with E-state index in [0.29, 0.717) is 5.95 Å². The highest BCUT2D eigenvalue weighted by Crippen LogP contribution is 2.28. The first kappa shape index (κ1) is 17.2. The average Bonchev–Trinajstić information content (AvgIpc) is 2.59. The molecule has 25 heavy (non-hydrogen) atoms. The Labute approximate surface area is 152 Å². The van der Waals surface area contributed by atoms with Crippen LogP contribution in [-0.4, -0.2) is 9.97 Å². The van der Waals surface area contributed by atoms with Gasteiger partial charge in [0, 0.05) is 22.0 Å². The highest BCUT2D eigenvalue weighted by Gasteiger charge is 2.09. The molecule has 5 heteroatoms. The Balaban J connectivity index is 1.75. The monoisotopic (exact) mass is 352 g/mol. The molecule has 0 spiro atoms. The third-order valence-electron chi connectivity index (χ3n) is 4.22. The van der Waals surface area contributed by atoms with Gasteiger partial charge >= 0.3 is 0 Å². The lowest BCUT2D eigenvalue weighted by Gasteiger charge is -2.09. The number of nitrogens with two attached hydrogens (primary N) is 2. The van der Waals surface area contributed by atoms with Gasteiger partial charge in [-0.2, -0.15) is 0 Å². The molecule has 1 aromatic heterocycles. The molecule has 0 amide bonds. The van der Waals surface area contributed by atoms with Crippen LogP contribution in [0.25, 0.3) is 11.3 Å². The third kappa shape index (κ3) is 4.28. The molecule has 0 saturated carbocycles. The Kier molecular flexibility index (Phi) is 5.19. The van der Waals surface area contributed by atoms with Gasteiger partial charge in [0.25, 0.3) is 0 Å². The number of nitrogens with zero attached hydrogens (tertiary/aromatic N) is 2. The first-order chi connectivity index (χ1) is 12.0. The standard InChI is InChI=1S/C20H21ClN4/c1-13-17(6-3-7-18(13)21)19-12-16(24-20(23)25-19)5-2-4-14-8-10-15(22)11-9-14/h3,6-12H,2,4-5,22H2,1H3,(H2,23,24,25). The van der Waals surface area contributed by atoms with Gasteiger partial charge in [-0.1, -0.05) is 35.9 Å². The summed E-state index contributed by atoms with van der Waals surface area (Å²) in [7, 11) is 0. The lowest BCUT2D eigenvalue weighted by molar-refractivity contribution is 0.797. The van der Waals surface area contributed by atoms with Gasteiger partial charge in [0.15, 0.2) is 0 Å². The molecule has 0 fully saturated rings. The maximum Gasteiger partial charge on any atom is 0.220 e. The Morgan fingerprint density at radius 1 is 0.960 bits per heavy atom. The van der Waals surface area contributed by atoms with Crippen LogP contribution >= 0.6 is 11.6 Å². The molecule has 3 rings (SSSR count). The summed E-state index contributed by atoms with van der Waals surface area (Å²) >= 11 is 6.22. The first-order valence-electron chi connectivity index (χ1n) is 8.26. The minimum Gasteiger partial charge on any atom is -0.399 e. The van der Waals surface area contributed by atoms with E-state index in [1.165, 1.54) is 5.56 Å². The molecule has 4 nitrogen and oxygen atoms in total. The van der Waals surface area contributed by atoms with Crippen LogP contribution in [0.3, 0.4) is 0 Å². The van der Waals surface area contributed by atoms with E-state index in [1.807, 2.05) is 43.3 Å². The fourth-order valence-corrected chi connectivity index (χ4v) is 3.00. The molecule has 0 aliphatic carbocycles. The van der Waals surface area contributed by atoms with Crippen LogP contribution in [0.15, 0.2) is 48.5 Å². The molecular weight excluding hydrogens is 332 g/mol. The summed E-state index contributed by atoms with van der Waals surface area (Å²) in [6.45, 7) is 1.98. The van der Waals surface area contributed by atoms with Crippen LogP contribution in [0.2, 0.25) is 5.02 Å². The Morgan fingerprint density at radius 2 is 1.72 bits per heavy atom. The number of anilines is 2. The van der Waals surface area contributed by atoms with Gasteiger partial charge in [0.05, 0.1) is 5.69 Å². The molecule has 2 aromatic carbocycles. The van der Waals surface area contributed by atoms with Gasteiger partial charge in [-0.3, -0.25) is 0 Å². The number of aryl methyl sites for hydroxylation is 2. The van der Waals surface area contributed by atoms with Crippen molar-refractivity contribution in [3.8, 4) is 11.3 Å². The highest BCUT2D eigenvalue weighted by molar-refractivity contribution is 6.31. The molecule has 0 saturated heterocycles. The summed E-state index contributed by atoms with van der Waals surface area (Å²) in [5.74, 6) is 0.291. The van der Waals surface area contributed by atoms with E-state index in [-0.39, 0.29) is 0 Å². The Morgan fingerprint density at radius 3 is 2.48 bits per heavy atom. The molecule has 4 N–H and O–H groups in total. The smallest absolute Gasteiger partial charge is 0.220 e. The number of rotatable bonds is 5. The third-order valence-corrected chi connectivity index (χ3v) is 4.63. The lowest BCUT2D eigenvalue weighted by atomic mass is 10.0. The number of halogens is 1. The van der Waals surface area contributed by atoms with Crippen LogP contribution in [0.4, 0.5) is 11.6 Å². The van der Waals surface area contributed by atoms with Crippen molar-refractivity contribution in [3.05, 3.63) is 70.4 Å². The van der Waals surface area contributed by atoms with Gasteiger partial charge < -0.3 is 11.5 Å². The number of nitrogen functional groups attached to an aromatic ring is 2. The van der Waals surface area contributed by atoms with Crippen LogP contribution in [-0.2, 0) is 12.8 Å². The summed E-state index contributed by atoms with van der Waals surface area (Å²) < 4.78 is 0. The lowest BCUT2D eigenvalue weighted by Crippen LogP contribution is -2.02. The number of benzene rings is 2. The molecule has 0 bridgehead atoms. The minimum absolute atomic E-state index is 0.291. The van der Waals surface area contributed by atoms with Crippen LogP contribution < -0.4 is 11.5 Å². The van der Waals surface area contributed by atoms with Crippen molar-refractivity contribution in [1.29, 1.82) is 0 Å². The summed E-state index contributed by atoms with van der Waals surface area (Å²) in [5.41, 5.74) is 17.4. The van der Waals surface area contributed by atoms with E-state index in [4.69, 9.17) is 23.1 Å². The molecule has 0 atom stereocenters. The topological polar surface area (TPSA) is 77.8 Å². The number of hydrogen-bond acceptors (Lipinski definition) is 4. The zero-order valence-electron chi connectivity index (χ0n) is 14.2. The average molecular weight is 353 g/mol. The van der Waals surface area contributed by atoms with Gasteiger partial charge in [0.1, 0.15) is 0 Å². The van der Waals surface area contributed by atoms with Crippen LogP contribution in [0.5, 0.6) is 0 Å². The molecule has 0 aliphatic heterocycles. The van der Waals surface area contributed by atoms with E-state index < -0.39 is 0 Å². The molecule has 0 radical (unpaired) electrons. The second-order valence-corrected chi connectivity index (χ2v) is 6.52. The van der Waals surface area contributed by atoms with E-state index in [0.717, 1.165) is 52.5 Å². The number of aromatic nitrogens is 2. The molecule has 0 unspecified atom stereocenters. The zero-order chi connectivity index (χ0) is 17.8. The number of hydrogen-bond donors (Lipinski definition) is 2. The molecule has 1 heterocycles. The van der Waals surface area contributed by atoms with Gasteiger partial charge in [-0.15, -0.1) is 0 Å². The normalized spacial score (nSPS) is 10.8. The molecule has 3 aromatic rings. The fraction of sp³-hybridized carbons (Fsp3) is 0.200. The van der Waals surface area contributed by atoms with E-state index in [1.54, 1.807) is 0 Å². The molecular formula is C20H21ClN4. The van der Waals surface area contributed by atoms with Crippen molar-refractivity contribution >= 4 is 23.2 Å². The van der Waals surface area contributed by atoms with Crippen molar-refractivity contribution in [1.82, 2.24) is 9.97 Å². The maximum atomic E-state index is 6.22. The Hall–Kier alpha value is -2.59. The Bertz CT molecular complexity index is 875. The predicted molar refractivity (Wildman–Crippen MR) is 105 cm³/mol. The van der Waals surface area contributed by atoms with Gasteiger partial charge in [0.2, 0.25) is 5.95 Å². The largest absolute Gasteiger partial charge is 0.399 e. The van der Waals surface area contributed by atoms with Crippen LogP contribution in [0.1, 0.15) is 23.2 Å². The van der Waals surface area contributed by atoms with E-state index in [9.17, 15) is 0 Å². The summed E-state index contributed by atoms with van der Waals surface area (Å²) in [5, 5.41) is 0.722. The van der Waals surface area contributed by atoms with E-state index in [2.05, 4.69) is 22.1 Å². The van der Waals surface area contributed by atoms with Gasteiger partial charge in [-0.25, -0.2) is 9.97 Å². The SMILES string of the molecule is Cc1c(Cl)cccc1-c1cc(CCCc2ccc(N)cc2)nc(N)n1. The van der Waals surface area contributed by atoms with Crippen molar-refractivity contribution in [2.75, 3.05) is 11.5 Å². The van der Waals surface area contributed by atoms with Gasteiger partial charge in [-0.05, 0) is 61.6 Å². The second-order valence-electron chi connectivity index (χ2n) is 6.11. The zero-order valence-corrected chi connectivity index (χ0v) is 14.9. The van der Waals surface area contributed by atoms with Crippen molar-refractivity contribution in [3.63, 3.8) is 0 Å². The second kappa shape index (κ2) is 7.53. The first-order valence-corrected chi connectivity index (χ1v) is 8.64. The summed E-state index contributed by atoms with van der Waals surface area (Å²) in [6.07, 6.45) is 2.79. The quantitative estimate of drug-likeness (QED) is 0.665. The molecule has 0 aliphatic rings. The maximum absolute atomic E-state index is 6.22. The van der Waals surface area contributed by atoms with Crippen molar-refractivity contribution in [2.24, 2.45) is 0 Å². The predicted octanol–water partition coefficient (Wildman–Crippen LogP) is 4.45. The van der Waals surface area contributed by atoms with Crippen molar-refractivity contribution in [2.45, 2.75) is 26.2 Å². The minimum atomic E-state index is 0.291. The van der Waals surface area contributed by atoms with Crippen molar-refractivity contribution < 1.29 is 0 Å².